The molecule has 0 saturated heterocycles. The minimum atomic E-state index is -0.237. The second-order valence-electron chi connectivity index (χ2n) is 6.49. The lowest BCUT2D eigenvalue weighted by atomic mass is 10.1. The van der Waals surface area contributed by atoms with Crippen molar-refractivity contribution in [2.24, 2.45) is 0 Å². The number of rotatable bonds is 3. The number of para-hydroxylation sites is 1. The molecule has 5 rings (SSSR count). The van der Waals surface area contributed by atoms with Crippen molar-refractivity contribution in [3.63, 3.8) is 0 Å². The van der Waals surface area contributed by atoms with E-state index in [4.69, 9.17) is 21.1 Å². The molecule has 1 amide bonds. The first-order valence-corrected chi connectivity index (χ1v) is 10.2. The number of amides is 1. The standard InChI is InChI=1S/C22H15ClN2O3S/c23-16-7-6-14(12-15(16)22-25-17-3-1-2-4-20(17)29-22)24-21(26)13-5-8-18-19(11-13)28-10-9-27-18/h1-8,11-12H,9-10H2,(H,24,26). The van der Waals surface area contributed by atoms with E-state index in [0.717, 1.165) is 20.8 Å². The molecule has 0 spiro atoms. The van der Waals surface area contributed by atoms with Crippen LogP contribution in [0.3, 0.4) is 0 Å². The summed E-state index contributed by atoms with van der Waals surface area (Å²) in [7, 11) is 0. The molecule has 1 aliphatic rings. The van der Waals surface area contributed by atoms with Gasteiger partial charge in [-0.2, -0.15) is 0 Å². The third-order valence-corrected chi connectivity index (χ3v) is 5.95. The number of nitrogens with zero attached hydrogens (tertiary/aromatic N) is 1. The molecule has 29 heavy (non-hydrogen) atoms. The summed E-state index contributed by atoms with van der Waals surface area (Å²) in [5, 5.41) is 4.32. The van der Waals surface area contributed by atoms with Gasteiger partial charge in [-0.3, -0.25) is 4.79 Å². The molecule has 5 nitrogen and oxygen atoms in total. The van der Waals surface area contributed by atoms with E-state index in [1.165, 1.54) is 0 Å². The van der Waals surface area contributed by atoms with Crippen LogP contribution in [0.15, 0.2) is 60.7 Å². The maximum absolute atomic E-state index is 12.7. The lowest BCUT2D eigenvalue weighted by Crippen LogP contribution is -2.17. The van der Waals surface area contributed by atoms with Gasteiger partial charge in [0.15, 0.2) is 11.5 Å². The molecule has 1 aromatic heterocycles. The van der Waals surface area contributed by atoms with Gasteiger partial charge < -0.3 is 14.8 Å². The largest absolute Gasteiger partial charge is 0.486 e. The van der Waals surface area contributed by atoms with E-state index >= 15 is 0 Å². The maximum Gasteiger partial charge on any atom is 0.255 e. The SMILES string of the molecule is O=C(Nc1ccc(Cl)c(-c2nc3ccccc3s2)c1)c1ccc2c(c1)OCCO2. The van der Waals surface area contributed by atoms with Crippen molar-refractivity contribution in [1.29, 1.82) is 0 Å². The molecule has 0 unspecified atom stereocenters. The molecule has 144 valence electrons. The Balaban J connectivity index is 1.43. The van der Waals surface area contributed by atoms with Crippen molar-refractivity contribution in [3.8, 4) is 22.1 Å². The van der Waals surface area contributed by atoms with Gasteiger partial charge in [0.05, 0.1) is 15.2 Å². The lowest BCUT2D eigenvalue weighted by molar-refractivity contribution is 0.102. The van der Waals surface area contributed by atoms with Crippen molar-refractivity contribution in [2.45, 2.75) is 0 Å². The zero-order valence-corrected chi connectivity index (χ0v) is 16.7. The molecule has 0 aliphatic carbocycles. The van der Waals surface area contributed by atoms with Gasteiger partial charge in [-0.1, -0.05) is 23.7 Å². The fraction of sp³-hybridized carbons (Fsp3) is 0.0909. The van der Waals surface area contributed by atoms with Crippen LogP contribution in [0.4, 0.5) is 5.69 Å². The van der Waals surface area contributed by atoms with E-state index in [-0.39, 0.29) is 5.91 Å². The third kappa shape index (κ3) is 3.52. The molecule has 1 aliphatic heterocycles. The molecular weight excluding hydrogens is 408 g/mol. The number of aromatic nitrogens is 1. The molecule has 0 saturated carbocycles. The quantitative estimate of drug-likeness (QED) is 0.464. The summed E-state index contributed by atoms with van der Waals surface area (Å²) in [5.41, 5.74) is 2.84. The molecule has 1 N–H and O–H groups in total. The second kappa shape index (κ2) is 7.39. The lowest BCUT2D eigenvalue weighted by Gasteiger charge is -2.18. The number of benzene rings is 3. The number of hydrogen-bond acceptors (Lipinski definition) is 5. The highest BCUT2D eigenvalue weighted by atomic mass is 35.5. The van der Waals surface area contributed by atoms with Gasteiger partial charge in [-0.05, 0) is 48.5 Å². The number of halogens is 1. The Hall–Kier alpha value is -3.09. The first-order chi connectivity index (χ1) is 14.2. The van der Waals surface area contributed by atoms with Crippen LogP contribution in [0.5, 0.6) is 11.5 Å². The van der Waals surface area contributed by atoms with Crippen LogP contribution in [0.1, 0.15) is 10.4 Å². The molecular formula is C22H15ClN2O3S. The molecule has 2 heterocycles. The van der Waals surface area contributed by atoms with Crippen molar-refractivity contribution in [2.75, 3.05) is 18.5 Å². The number of anilines is 1. The van der Waals surface area contributed by atoms with E-state index in [2.05, 4.69) is 10.3 Å². The Bertz CT molecular complexity index is 1200. The number of fused-ring (bicyclic) bond motifs is 2. The van der Waals surface area contributed by atoms with Crippen LogP contribution in [-0.4, -0.2) is 24.1 Å². The maximum atomic E-state index is 12.7. The summed E-state index contributed by atoms with van der Waals surface area (Å²) in [4.78, 5) is 17.4. The fourth-order valence-electron chi connectivity index (χ4n) is 3.14. The normalized spacial score (nSPS) is 12.7. The van der Waals surface area contributed by atoms with Gasteiger partial charge in [0, 0.05) is 16.8 Å². The van der Waals surface area contributed by atoms with E-state index in [0.29, 0.717) is 41.0 Å². The molecule has 3 aromatic carbocycles. The molecule has 0 bridgehead atoms. The monoisotopic (exact) mass is 422 g/mol. The van der Waals surface area contributed by atoms with Gasteiger partial charge in [0.1, 0.15) is 18.2 Å². The van der Waals surface area contributed by atoms with Crippen LogP contribution in [0.25, 0.3) is 20.8 Å². The zero-order valence-electron chi connectivity index (χ0n) is 15.1. The van der Waals surface area contributed by atoms with E-state index in [1.54, 1.807) is 41.7 Å². The average molecular weight is 423 g/mol. The number of hydrogen-bond donors (Lipinski definition) is 1. The molecule has 7 heteroatoms. The number of carbonyl (C=O) groups excluding carboxylic acids is 1. The number of carbonyl (C=O) groups is 1. The van der Waals surface area contributed by atoms with Gasteiger partial charge in [0.2, 0.25) is 0 Å². The zero-order chi connectivity index (χ0) is 19.8. The van der Waals surface area contributed by atoms with Crippen LogP contribution < -0.4 is 14.8 Å². The first-order valence-electron chi connectivity index (χ1n) is 9.04. The minimum absolute atomic E-state index is 0.237. The predicted molar refractivity (Wildman–Crippen MR) is 115 cm³/mol. The summed E-state index contributed by atoms with van der Waals surface area (Å²) in [5.74, 6) is 0.993. The van der Waals surface area contributed by atoms with Crippen molar-refractivity contribution in [1.82, 2.24) is 4.98 Å². The predicted octanol–water partition coefficient (Wildman–Crippen LogP) is 5.64. The van der Waals surface area contributed by atoms with Crippen LogP contribution in [0, 0.1) is 0 Å². The Morgan fingerprint density at radius 2 is 1.83 bits per heavy atom. The van der Waals surface area contributed by atoms with Crippen LogP contribution in [0.2, 0.25) is 5.02 Å². The second-order valence-corrected chi connectivity index (χ2v) is 7.93. The summed E-state index contributed by atoms with van der Waals surface area (Å²) in [6.07, 6.45) is 0. The number of nitrogens with one attached hydrogen (secondary N) is 1. The molecule has 0 atom stereocenters. The average Bonchev–Trinajstić information content (AvgIpc) is 3.18. The minimum Gasteiger partial charge on any atom is -0.486 e. The fourth-order valence-corrected chi connectivity index (χ4v) is 4.40. The summed E-state index contributed by atoms with van der Waals surface area (Å²) < 4.78 is 12.1. The van der Waals surface area contributed by atoms with Crippen LogP contribution >= 0.6 is 22.9 Å². The van der Waals surface area contributed by atoms with Crippen molar-refractivity contribution in [3.05, 3.63) is 71.2 Å². The highest BCUT2D eigenvalue weighted by Crippen LogP contribution is 2.36. The summed E-state index contributed by atoms with van der Waals surface area (Å²) >= 11 is 7.98. The van der Waals surface area contributed by atoms with Gasteiger partial charge >= 0.3 is 0 Å². The van der Waals surface area contributed by atoms with E-state index < -0.39 is 0 Å². The Morgan fingerprint density at radius 1 is 1.00 bits per heavy atom. The highest BCUT2D eigenvalue weighted by molar-refractivity contribution is 7.21. The van der Waals surface area contributed by atoms with Gasteiger partial charge in [-0.15, -0.1) is 11.3 Å². The molecule has 4 aromatic rings. The van der Waals surface area contributed by atoms with Crippen molar-refractivity contribution >= 4 is 44.7 Å². The first kappa shape index (κ1) is 18.0. The molecule has 0 fully saturated rings. The summed E-state index contributed by atoms with van der Waals surface area (Å²) in [6, 6.07) is 18.5. The van der Waals surface area contributed by atoms with Crippen molar-refractivity contribution < 1.29 is 14.3 Å². The van der Waals surface area contributed by atoms with E-state index in [1.807, 2.05) is 30.3 Å². The number of ether oxygens (including phenoxy) is 2. The smallest absolute Gasteiger partial charge is 0.255 e. The van der Waals surface area contributed by atoms with Gasteiger partial charge in [-0.25, -0.2) is 4.98 Å². The van der Waals surface area contributed by atoms with E-state index in [9.17, 15) is 4.79 Å². The molecule has 0 radical (unpaired) electrons. The Labute approximate surface area is 175 Å². The topological polar surface area (TPSA) is 60.5 Å². The van der Waals surface area contributed by atoms with Crippen LogP contribution in [-0.2, 0) is 0 Å². The highest BCUT2D eigenvalue weighted by Gasteiger charge is 2.16. The Morgan fingerprint density at radius 3 is 2.69 bits per heavy atom. The summed E-state index contributed by atoms with van der Waals surface area (Å²) in [6.45, 7) is 0.985. The third-order valence-electron chi connectivity index (χ3n) is 4.55. The number of thiazole rings is 1. The van der Waals surface area contributed by atoms with Gasteiger partial charge in [0.25, 0.3) is 5.91 Å². The Kier molecular flexibility index (Phi) is 4.58.